The molecule has 0 saturated heterocycles. The number of carboxylic acid groups (broad SMARTS) is 1. The highest BCUT2D eigenvalue weighted by Crippen LogP contribution is 2.38. The largest absolute Gasteiger partial charge is 0.478 e. The molecule has 1 aromatic heterocycles. The van der Waals surface area contributed by atoms with Gasteiger partial charge in [-0.2, -0.15) is 0 Å². The van der Waals surface area contributed by atoms with Gasteiger partial charge in [0.05, 0.1) is 10.9 Å². The van der Waals surface area contributed by atoms with Crippen LogP contribution in [0.5, 0.6) is 0 Å². The quantitative estimate of drug-likeness (QED) is 0.852. The van der Waals surface area contributed by atoms with Crippen molar-refractivity contribution < 1.29 is 14.3 Å². The van der Waals surface area contributed by atoms with Gasteiger partial charge in [-0.05, 0) is 30.7 Å². The third-order valence-electron chi connectivity index (χ3n) is 3.73. The Kier molecular flexibility index (Phi) is 3.06. The van der Waals surface area contributed by atoms with Crippen molar-refractivity contribution in [1.82, 2.24) is 0 Å². The summed E-state index contributed by atoms with van der Waals surface area (Å²) in [4.78, 5) is 23.9. The van der Waals surface area contributed by atoms with Gasteiger partial charge in [0.25, 0.3) is 0 Å². The zero-order valence-electron chi connectivity index (χ0n) is 11.6. The molecular weight excluding hydrogens is 336 g/mol. The molecule has 0 radical (unpaired) electrons. The second kappa shape index (κ2) is 4.56. The van der Waals surface area contributed by atoms with Gasteiger partial charge in [0.1, 0.15) is 11.3 Å². The Morgan fingerprint density at radius 3 is 2.76 bits per heavy atom. The second-order valence-corrected chi connectivity index (χ2v) is 6.77. The molecule has 0 saturated carbocycles. The van der Waals surface area contributed by atoms with Crippen LogP contribution < -0.4 is 5.43 Å². The van der Waals surface area contributed by atoms with Crippen LogP contribution in [0.2, 0.25) is 0 Å². The molecular formula is C16H13BrO4. The highest BCUT2D eigenvalue weighted by atomic mass is 79.9. The number of hydrogen-bond acceptors (Lipinski definition) is 3. The molecule has 1 N–H and O–H groups in total. The number of aliphatic carboxylic acids is 1. The van der Waals surface area contributed by atoms with Gasteiger partial charge in [-0.1, -0.05) is 29.8 Å². The number of carbonyl (C=O) groups is 1. The monoisotopic (exact) mass is 348 g/mol. The fourth-order valence-electron chi connectivity index (χ4n) is 2.73. The fourth-order valence-corrected chi connectivity index (χ4v) is 3.10. The van der Waals surface area contributed by atoms with Crippen LogP contribution in [0.4, 0.5) is 0 Å². The zero-order chi connectivity index (χ0) is 15.4. The number of benzene rings is 1. The Labute approximate surface area is 129 Å². The van der Waals surface area contributed by atoms with Crippen molar-refractivity contribution in [3.8, 4) is 0 Å². The maximum absolute atomic E-state index is 12.7. The van der Waals surface area contributed by atoms with Crippen molar-refractivity contribution in [3.05, 3.63) is 49.8 Å². The maximum Gasteiger partial charge on any atom is 0.331 e. The smallest absolute Gasteiger partial charge is 0.331 e. The summed E-state index contributed by atoms with van der Waals surface area (Å²) < 4.78 is 6.68. The first-order chi connectivity index (χ1) is 9.79. The van der Waals surface area contributed by atoms with Crippen LogP contribution in [-0.4, -0.2) is 11.1 Å². The fraction of sp³-hybridized carbons (Fsp3) is 0.250. The second-order valence-electron chi connectivity index (χ2n) is 5.85. The molecule has 1 aliphatic carbocycles. The molecule has 21 heavy (non-hydrogen) atoms. The number of fused-ring (bicyclic) bond motifs is 2. The Hall–Kier alpha value is -1.88. The third kappa shape index (κ3) is 2.21. The highest BCUT2D eigenvalue weighted by Gasteiger charge is 2.35. The lowest BCUT2D eigenvalue weighted by molar-refractivity contribution is -0.132. The summed E-state index contributed by atoms with van der Waals surface area (Å²) >= 11 is 3.33. The van der Waals surface area contributed by atoms with Crippen molar-refractivity contribution in [2.24, 2.45) is 0 Å². The van der Waals surface area contributed by atoms with Gasteiger partial charge >= 0.3 is 5.97 Å². The molecule has 1 aliphatic rings. The average Bonchev–Trinajstić information content (AvgIpc) is 2.40. The van der Waals surface area contributed by atoms with Gasteiger partial charge in [0.15, 0.2) is 5.43 Å². The number of carboxylic acids is 1. The van der Waals surface area contributed by atoms with E-state index in [-0.39, 0.29) is 11.0 Å². The summed E-state index contributed by atoms with van der Waals surface area (Å²) in [5.41, 5.74) is 0.364. The van der Waals surface area contributed by atoms with Crippen molar-refractivity contribution in [1.29, 1.82) is 0 Å². The number of halogens is 1. The van der Waals surface area contributed by atoms with Gasteiger partial charge in [-0.15, -0.1) is 0 Å². The SMILES string of the molecule is CC1(C)CC(C(=O)O)=Cc2c1oc1ccc(Br)cc1c2=O. The van der Waals surface area contributed by atoms with E-state index < -0.39 is 11.4 Å². The first kappa shape index (κ1) is 14.1. The molecule has 5 heteroatoms. The molecule has 0 bridgehead atoms. The van der Waals surface area contributed by atoms with Crippen LogP contribution in [0.1, 0.15) is 31.6 Å². The van der Waals surface area contributed by atoms with E-state index in [1.54, 1.807) is 12.1 Å². The Balaban J connectivity index is 2.42. The van der Waals surface area contributed by atoms with Crippen molar-refractivity contribution in [3.63, 3.8) is 0 Å². The number of rotatable bonds is 1. The minimum atomic E-state index is -0.998. The molecule has 0 aliphatic heterocycles. The lowest BCUT2D eigenvalue weighted by Crippen LogP contribution is -2.28. The predicted octanol–water partition coefficient (Wildman–Crippen LogP) is 3.70. The normalized spacial score (nSPS) is 16.4. The molecule has 3 rings (SSSR count). The van der Waals surface area contributed by atoms with Crippen LogP contribution >= 0.6 is 15.9 Å². The van der Waals surface area contributed by atoms with Crippen LogP contribution in [-0.2, 0) is 10.2 Å². The lowest BCUT2D eigenvalue weighted by atomic mass is 9.76. The van der Waals surface area contributed by atoms with Gasteiger partial charge in [-0.25, -0.2) is 4.79 Å². The van der Waals surface area contributed by atoms with E-state index in [0.29, 0.717) is 28.7 Å². The predicted molar refractivity (Wildman–Crippen MR) is 83.4 cm³/mol. The highest BCUT2D eigenvalue weighted by molar-refractivity contribution is 9.10. The summed E-state index contributed by atoms with van der Waals surface area (Å²) in [6.07, 6.45) is 1.77. The zero-order valence-corrected chi connectivity index (χ0v) is 13.2. The molecule has 0 amide bonds. The molecule has 1 aromatic carbocycles. The van der Waals surface area contributed by atoms with Crippen LogP contribution in [0.3, 0.4) is 0 Å². The third-order valence-corrected chi connectivity index (χ3v) is 4.22. The van der Waals surface area contributed by atoms with E-state index in [1.165, 1.54) is 6.08 Å². The van der Waals surface area contributed by atoms with Crippen LogP contribution in [0.25, 0.3) is 17.0 Å². The van der Waals surface area contributed by atoms with Gasteiger partial charge < -0.3 is 9.52 Å². The Morgan fingerprint density at radius 2 is 2.10 bits per heavy atom. The van der Waals surface area contributed by atoms with E-state index in [1.807, 2.05) is 19.9 Å². The van der Waals surface area contributed by atoms with Crippen LogP contribution in [0.15, 0.2) is 37.5 Å². The summed E-state index contributed by atoms with van der Waals surface area (Å²) in [5, 5.41) is 9.68. The van der Waals surface area contributed by atoms with Gasteiger partial charge in [0.2, 0.25) is 0 Å². The lowest BCUT2D eigenvalue weighted by Gasteiger charge is -2.29. The summed E-state index contributed by atoms with van der Waals surface area (Å²) in [5.74, 6) is -0.449. The van der Waals surface area contributed by atoms with Crippen molar-refractivity contribution >= 4 is 38.9 Å². The van der Waals surface area contributed by atoms with E-state index in [4.69, 9.17) is 4.42 Å². The molecule has 0 fully saturated rings. The summed E-state index contributed by atoms with van der Waals surface area (Å²) in [6, 6.07) is 5.25. The van der Waals surface area contributed by atoms with E-state index in [9.17, 15) is 14.7 Å². The first-order valence-electron chi connectivity index (χ1n) is 6.50. The first-order valence-corrected chi connectivity index (χ1v) is 7.29. The van der Waals surface area contributed by atoms with Gasteiger partial charge in [0, 0.05) is 15.5 Å². The Morgan fingerprint density at radius 1 is 1.38 bits per heavy atom. The molecule has 0 unspecified atom stereocenters. The van der Waals surface area contributed by atoms with E-state index in [0.717, 1.165) is 4.47 Å². The minimum Gasteiger partial charge on any atom is -0.478 e. The van der Waals surface area contributed by atoms with Crippen LogP contribution in [0, 0.1) is 0 Å². The van der Waals surface area contributed by atoms with Crippen molar-refractivity contribution in [2.75, 3.05) is 0 Å². The molecule has 2 aromatic rings. The summed E-state index contributed by atoms with van der Waals surface area (Å²) in [7, 11) is 0. The van der Waals surface area contributed by atoms with E-state index in [2.05, 4.69) is 15.9 Å². The maximum atomic E-state index is 12.7. The topological polar surface area (TPSA) is 67.5 Å². The van der Waals surface area contributed by atoms with E-state index >= 15 is 0 Å². The summed E-state index contributed by atoms with van der Waals surface area (Å²) in [6.45, 7) is 3.77. The molecule has 4 nitrogen and oxygen atoms in total. The molecule has 108 valence electrons. The van der Waals surface area contributed by atoms with Gasteiger partial charge in [-0.3, -0.25) is 4.79 Å². The molecule has 0 spiro atoms. The molecule has 0 atom stereocenters. The van der Waals surface area contributed by atoms with Crippen molar-refractivity contribution in [2.45, 2.75) is 25.7 Å². The number of hydrogen-bond donors (Lipinski definition) is 1. The Bertz CT molecular complexity index is 858. The minimum absolute atomic E-state index is 0.195. The molecule has 1 heterocycles. The standard InChI is InChI=1S/C16H13BrO4/c1-16(2)7-8(15(19)20)5-11-13(18)10-6-9(17)3-4-12(10)21-14(11)16/h3-6H,7H2,1-2H3,(H,19,20). The average molecular weight is 349 g/mol.